The Morgan fingerprint density at radius 1 is 1.23 bits per heavy atom. The van der Waals surface area contributed by atoms with Crippen LogP contribution in [0.15, 0.2) is 40.9 Å². The first-order chi connectivity index (χ1) is 10.5. The summed E-state index contributed by atoms with van der Waals surface area (Å²) in [6.45, 7) is 3.87. The van der Waals surface area contributed by atoms with Crippen molar-refractivity contribution >= 4 is 48.3 Å². The summed E-state index contributed by atoms with van der Waals surface area (Å²) in [6, 6.07) is 10.4. The molecular weight excluding hydrogens is 367 g/mol. The SMILES string of the molecule is CC(C)Oc1ccc(F)cc1Nc1nc2cc(Br)ccc2s1. The zero-order chi connectivity index (χ0) is 15.7. The van der Waals surface area contributed by atoms with Gasteiger partial charge >= 0.3 is 0 Å². The maximum absolute atomic E-state index is 13.5. The van der Waals surface area contributed by atoms with Crippen LogP contribution in [0.25, 0.3) is 10.2 Å². The monoisotopic (exact) mass is 380 g/mol. The number of benzene rings is 2. The van der Waals surface area contributed by atoms with Gasteiger partial charge < -0.3 is 10.1 Å². The number of fused-ring (bicyclic) bond motifs is 1. The fraction of sp³-hybridized carbons (Fsp3) is 0.188. The van der Waals surface area contributed by atoms with E-state index in [0.29, 0.717) is 16.6 Å². The molecule has 0 unspecified atom stereocenters. The Labute approximate surface area is 140 Å². The highest BCUT2D eigenvalue weighted by molar-refractivity contribution is 9.10. The summed E-state index contributed by atoms with van der Waals surface area (Å²) >= 11 is 4.94. The molecule has 0 aliphatic carbocycles. The predicted molar refractivity (Wildman–Crippen MR) is 92.8 cm³/mol. The van der Waals surface area contributed by atoms with Gasteiger partial charge in [0.15, 0.2) is 5.13 Å². The summed E-state index contributed by atoms with van der Waals surface area (Å²) < 4.78 is 21.3. The Morgan fingerprint density at radius 2 is 2.05 bits per heavy atom. The number of rotatable bonds is 4. The molecule has 2 aromatic carbocycles. The smallest absolute Gasteiger partial charge is 0.188 e. The fourth-order valence-electron chi connectivity index (χ4n) is 2.03. The lowest BCUT2D eigenvalue weighted by Gasteiger charge is -2.14. The molecule has 0 radical (unpaired) electrons. The van der Waals surface area contributed by atoms with E-state index in [2.05, 4.69) is 26.2 Å². The number of hydrogen-bond donors (Lipinski definition) is 1. The molecule has 0 aliphatic rings. The van der Waals surface area contributed by atoms with Gasteiger partial charge in [0.25, 0.3) is 0 Å². The van der Waals surface area contributed by atoms with Crippen LogP contribution in [0.1, 0.15) is 13.8 Å². The third-order valence-corrected chi connectivity index (χ3v) is 4.34. The number of thiazole rings is 1. The predicted octanol–water partition coefficient (Wildman–Crippen LogP) is 5.73. The summed E-state index contributed by atoms with van der Waals surface area (Å²) in [6.07, 6.45) is 0.0114. The number of nitrogens with zero attached hydrogens (tertiary/aromatic N) is 1. The van der Waals surface area contributed by atoms with Crippen LogP contribution in [0.3, 0.4) is 0 Å². The van der Waals surface area contributed by atoms with Gasteiger partial charge in [0, 0.05) is 10.5 Å². The summed E-state index contributed by atoms with van der Waals surface area (Å²) in [7, 11) is 0. The van der Waals surface area contributed by atoms with Crippen molar-refractivity contribution in [2.24, 2.45) is 0 Å². The lowest BCUT2D eigenvalue weighted by atomic mass is 10.3. The van der Waals surface area contributed by atoms with Crippen LogP contribution < -0.4 is 10.1 Å². The third kappa shape index (κ3) is 3.39. The zero-order valence-corrected chi connectivity index (χ0v) is 14.5. The summed E-state index contributed by atoms with van der Waals surface area (Å²) in [4.78, 5) is 4.52. The molecule has 0 spiro atoms. The van der Waals surface area contributed by atoms with Crippen molar-refractivity contribution in [1.29, 1.82) is 0 Å². The van der Waals surface area contributed by atoms with Gasteiger partial charge in [0.1, 0.15) is 11.6 Å². The average molecular weight is 381 g/mol. The van der Waals surface area contributed by atoms with E-state index < -0.39 is 0 Å². The van der Waals surface area contributed by atoms with Gasteiger partial charge in [-0.15, -0.1) is 0 Å². The zero-order valence-electron chi connectivity index (χ0n) is 12.1. The molecule has 22 heavy (non-hydrogen) atoms. The van der Waals surface area contributed by atoms with E-state index in [1.54, 1.807) is 6.07 Å². The Morgan fingerprint density at radius 3 is 2.82 bits per heavy atom. The van der Waals surface area contributed by atoms with E-state index in [4.69, 9.17) is 4.74 Å². The molecule has 0 saturated carbocycles. The molecule has 1 N–H and O–H groups in total. The highest BCUT2D eigenvalue weighted by Crippen LogP contribution is 2.34. The van der Waals surface area contributed by atoms with E-state index in [0.717, 1.165) is 14.7 Å². The minimum atomic E-state index is -0.317. The van der Waals surface area contributed by atoms with Gasteiger partial charge in [-0.2, -0.15) is 0 Å². The van der Waals surface area contributed by atoms with Crippen molar-refractivity contribution in [1.82, 2.24) is 4.98 Å². The highest BCUT2D eigenvalue weighted by atomic mass is 79.9. The van der Waals surface area contributed by atoms with Crippen molar-refractivity contribution in [2.45, 2.75) is 20.0 Å². The maximum atomic E-state index is 13.5. The largest absolute Gasteiger partial charge is 0.489 e. The van der Waals surface area contributed by atoms with Crippen LogP contribution in [0.4, 0.5) is 15.2 Å². The Bertz CT molecular complexity index is 819. The molecule has 6 heteroatoms. The van der Waals surface area contributed by atoms with E-state index >= 15 is 0 Å². The normalized spacial score (nSPS) is 11.1. The molecular formula is C16H14BrFN2OS. The lowest BCUT2D eigenvalue weighted by molar-refractivity contribution is 0.243. The third-order valence-electron chi connectivity index (χ3n) is 2.90. The quantitative estimate of drug-likeness (QED) is 0.627. The number of ether oxygens (including phenoxy) is 1. The minimum absolute atomic E-state index is 0.0114. The summed E-state index contributed by atoms with van der Waals surface area (Å²) in [5.41, 5.74) is 1.47. The van der Waals surface area contributed by atoms with Crippen molar-refractivity contribution in [3.05, 3.63) is 46.7 Å². The van der Waals surface area contributed by atoms with E-state index in [1.165, 1.54) is 23.5 Å². The van der Waals surface area contributed by atoms with Crippen LogP contribution in [-0.4, -0.2) is 11.1 Å². The summed E-state index contributed by atoms with van der Waals surface area (Å²) in [5.74, 6) is 0.291. The van der Waals surface area contributed by atoms with Crippen molar-refractivity contribution in [2.75, 3.05) is 5.32 Å². The number of halogens is 2. The Kier molecular flexibility index (Phi) is 4.31. The number of anilines is 2. The molecule has 1 aromatic heterocycles. The standard InChI is InChI=1S/C16H14BrFN2OS/c1-9(2)21-14-5-4-11(18)8-12(14)19-16-20-13-7-10(17)3-6-15(13)22-16/h3-9H,1-2H3,(H,19,20). The van der Waals surface area contributed by atoms with Crippen LogP contribution in [0, 0.1) is 5.82 Å². The molecule has 1 heterocycles. The second-order valence-electron chi connectivity index (χ2n) is 5.06. The van der Waals surface area contributed by atoms with Crippen molar-refractivity contribution in [3.8, 4) is 5.75 Å². The number of nitrogens with one attached hydrogen (secondary N) is 1. The topological polar surface area (TPSA) is 34.1 Å². The molecule has 3 nitrogen and oxygen atoms in total. The first kappa shape index (κ1) is 15.2. The fourth-order valence-corrected chi connectivity index (χ4v) is 3.23. The second kappa shape index (κ2) is 6.22. The molecule has 0 amide bonds. The van der Waals surface area contributed by atoms with Crippen LogP contribution in [0.2, 0.25) is 0 Å². The van der Waals surface area contributed by atoms with Crippen molar-refractivity contribution in [3.63, 3.8) is 0 Å². The average Bonchev–Trinajstić information content (AvgIpc) is 2.83. The Balaban J connectivity index is 1.95. The van der Waals surface area contributed by atoms with E-state index in [1.807, 2.05) is 32.0 Å². The molecule has 0 atom stereocenters. The first-order valence-corrected chi connectivity index (χ1v) is 8.41. The minimum Gasteiger partial charge on any atom is -0.489 e. The highest BCUT2D eigenvalue weighted by Gasteiger charge is 2.10. The Hall–Kier alpha value is -1.66. The first-order valence-electron chi connectivity index (χ1n) is 6.80. The molecule has 3 aromatic rings. The van der Waals surface area contributed by atoms with Crippen LogP contribution in [0.5, 0.6) is 5.75 Å². The summed E-state index contributed by atoms with van der Waals surface area (Å²) in [5, 5.41) is 3.86. The van der Waals surface area contributed by atoms with Gasteiger partial charge in [-0.3, -0.25) is 0 Å². The number of aromatic nitrogens is 1. The molecule has 114 valence electrons. The van der Waals surface area contributed by atoms with Gasteiger partial charge in [-0.05, 0) is 44.2 Å². The lowest BCUT2D eigenvalue weighted by Crippen LogP contribution is -2.07. The maximum Gasteiger partial charge on any atom is 0.188 e. The molecule has 0 aliphatic heterocycles. The van der Waals surface area contributed by atoms with Crippen LogP contribution in [-0.2, 0) is 0 Å². The van der Waals surface area contributed by atoms with E-state index in [-0.39, 0.29) is 11.9 Å². The van der Waals surface area contributed by atoms with Crippen LogP contribution >= 0.6 is 27.3 Å². The van der Waals surface area contributed by atoms with Gasteiger partial charge in [-0.1, -0.05) is 27.3 Å². The molecule has 0 bridgehead atoms. The van der Waals surface area contributed by atoms with Gasteiger partial charge in [-0.25, -0.2) is 9.37 Å². The molecule has 3 rings (SSSR count). The second-order valence-corrected chi connectivity index (χ2v) is 7.01. The number of hydrogen-bond acceptors (Lipinski definition) is 4. The molecule has 0 saturated heterocycles. The van der Waals surface area contributed by atoms with E-state index in [9.17, 15) is 4.39 Å². The van der Waals surface area contributed by atoms with Gasteiger partial charge in [0.2, 0.25) is 0 Å². The van der Waals surface area contributed by atoms with Crippen molar-refractivity contribution < 1.29 is 9.13 Å². The molecule has 0 fully saturated rings. The van der Waals surface area contributed by atoms with Gasteiger partial charge in [0.05, 0.1) is 22.0 Å².